The average molecular weight is 698 g/mol. The number of likely N-dealkylation sites (N-methyl/N-ethyl adjacent to an activating group) is 1. The predicted octanol–water partition coefficient (Wildman–Crippen LogP) is 7.89. The highest BCUT2D eigenvalue weighted by Crippen LogP contribution is 2.34. The number of hydrogen-bond acceptors (Lipinski definition) is 8. The van der Waals surface area contributed by atoms with E-state index in [1.54, 1.807) is 47.3 Å². The molecule has 0 aliphatic heterocycles. The van der Waals surface area contributed by atoms with Crippen LogP contribution in [0.25, 0.3) is 16.5 Å². The molecule has 0 radical (unpaired) electrons. The zero-order valence-electron chi connectivity index (χ0n) is 30.2. The highest BCUT2D eigenvalue weighted by atomic mass is 16.5. The Balaban J connectivity index is 1.17. The Kier molecular flexibility index (Phi) is 10.5. The number of rotatable bonds is 11. The van der Waals surface area contributed by atoms with Gasteiger partial charge in [0.2, 0.25) is 11.8 Å². The minimum atomic E-state index is -0.408. The van der Waals surface area contributed by atoms with Crippen molar-refractivity contribution in [2.75, 3.05) is 43.1 Å². The number of urea groups is 1. The van der Waals surface area contributed by atoms with Crippen molar-refractivity contribution in [3.63, 3.8) is 0 Å². The number of aryl methyl sites for hydroxylation is 1. The van der Waals surface area contributed by atoms with Gasteiger partial charge in [0.25, 0.3) is 5.91 Å². The normalized spacial score (nSPS) is 11.4. The number of ether oxygens (including phenoxy) is 1. The maximum atomic E-state index is 13.5. The Labute approximate surface area is 303 Å². The lowest BCUT2D eigenvalue weighted by Gasteiger charge is -2.14. The van der Waals surface area contributed by atoms with Crippen LogP contribution < -0.4 is 26.0 Å². The fourth-order valence-corrected chi connectivity index (χ4v) is 5.39. The molecule has 0 atom stereocenters. The topological polar surface area (TPSA) is 138 Å². The minimum absolute atomic E-state index is 0.158. The molecule has 12 heteroatoms. The molecular formula is C40H43N9O3. The third kappa shape index (κ3) is 8.71. The van der Waals surface area contributed by atoms with Crippen LogP contribution in [-0.4, -0.2) is 63.8 Å². The predicted molar refractivity (Wildman–Crippen MR) is 206 cm³/mol. The number of hydrogen-bond donors (Lipinski definition) is 4. The second kappa shape index (κ2) is 15.3. The zero-order valence-corrected chi connectivity index (χ0v) is 30.2. The fraction of sp³-hybridized carbons (Fsp3) is 0.225. The van der Waals surface area contributed by atoms with E-state index in [1.165, 1.54) is 0 Å². The van der Waals surface area contributed by atoms with Gasteiger partial charge >= 0.3 is 6.03 Å². The van der Waals surface area contributed by atoms with Crippen molar-refractivity contribution in [3.05, 3.63) is 120 Å². The van der Waals surface area contributed by atoms with Crippen molar-refractivity contribution in [3.8, 4) is 17.3 Å². The molecule has 6 aromatic rings. The van der Waals surface area contributed by atoms with Gasteiger partial charge in [-0.1, -0.05) is 68.8 Å². The second-order valence-electron chi connectivity index (χ2n) is 13.7. The van der Waals surface area contributed by atoms with Crippen molar-refractivity contribution in [2.24, 2.45) is 0 Å². The van der Waals surface area contributed by atoms with Crippen LogP contribution in [-0.2, 0) is 5.41 Å². The highest BCUT2D eigenvalue weighted by molar-refractivity contribution is 6.07. The van der Waals surface area contributed by atoms with Crippen LogP contribution in [0.5, 0.6) is 11.6 Å². The van der Waals surface area contributed by atoms with Gasteiger partial charge in [-0.15, -0.1) is 0 Å². The van der Waals surface area contributed by atoms with Crippen LogP contribution in [0, 0.1) is 6.92 Å². The molecule has 0 spiro atoms. The van der Waals surface area contributed by atoms with E-state index in [0.29, 0.717) is 46.9 Å². The van der Waals surface area contributed by atoms with Crippen molar-refractivity contribution in [2.45, 2.75) is 33.1 Å². The number of amides is 3. The summed E-state index contributed by atoms with van der Waals surface area (Å²) < 4.78 is 8.01. The number of nitrogens with zero attached hydrogens (tertiary/aromatic N) is 5. The molecule has 6 rings (SSSR count). The monoisotopic (exact) mass is 697 g/mol. The Hall–Kier alpha value is -6.27. The van der Waals surface area contributed by atoms with Crippen LogP contribution in [0.3, 0.4) is 0 Å². The van der Waals surface area contributed by atoms with Gasteiger partial charge in [-0.25, -0.2) is 14.5 Å². The largest absolute Gasteiger partial charge is 0.438 e. The van der Waals surface area contributed by atoms with Gasteiger partial charge in [-0.3, -0.25) is 10.1 Å². The van der Waals surface area contributed by atoms with Crippen LogP contribution in [0.4, 0.5) is 27.9 Å². The lowest BCUT2D eigenvalue weighted by atomic mass is 9.92. The number of anilines is 4. The van der Waals surface area contributed by atoms with Crippen LogP contribution in [0.2, 0.25) is 0 Å². The molecule has 266 valence electrons. The van der Waals surface area contributed by atoms with Gasteiger partial charge in [-0.05, 0) is 63.5 Å². The van der Waals surface area contributed by atoms with E-state index in [9.17, 15) is 9.59 Å². The summed E-state index contributed by atoms with van der Waals surface area (Å²) in [5.74, 6) is 1.57. The number of carbonyl (C=O) groups excluding carboxylic acids is 2. The molecule has 0 saturated heterocycles. The first kappa shape index (κ1) is 35.6. The van der Waals surface area contributed by atoms with E-state index in [2.05, 4.69) is 52.0 Å². The highest BCUT2D eigenvalue weighted by Gasteiger charge is 2.22. The molecular weight excluding hydrogens is 654 g/mol. The Morgan fingerprint density at radius 3 is 2.38 bits per heavy atom. The summed E-state index contributed by atoms with van der Waals surface area (Å²) >= 11 is 0. The standard InChI is InChI=1S/C40H43N9O3/c1-26-14-16-29(17-15-26)49-35(25-34(47-49)40(2,3)4)45-39(51)44-32-18-19-33(31-13-8-7-12-30(31)32)52-36-20-21-42-38(46-36)43-28-11-9-10-27(24-28)37(50)41-22-23-48(5)6/h7-21,24-25H,22-23H2,1-6H3,(H,41,50)(H,42,43,46)(H2,44,45,51). The summed E-state index contributed by atoms with van der Waals surface area (Å²) in [6.07, 6.45) is 1.59. The van der Waals surface area contributed by atoms with Crippen molar-refractivity contribution >= 4 is 45.9 Å². The number of benzene rings is 4. The first-order valence-corrected chi connectivity index (χ1v) is 17.0. The average Bonchev–Trinajstić information content (AvgIpc) is 3.54. The Morgan fingerprint density at radius 2 is 1.63 bits per heavy atom. The van der Waals surface area contributed by atoms with Gasteiger partial charge in [0.15, 0.2) is 0 Å². The fourth-order valence-electron chi connectivity index (χ4n) is 5.39. The minimum Gasteiger partial charge on any atom is -0.438 e. The lowest BCUT2D eigenvalue weighted by Crippen LogP contribution is -2.31. The molecule has 4 N–H and O–H groups in total. The van der Waals surface area contributed by atoms with Gasteiger partial charge < -0.3 is 25.6 Å². The van der Waals surface area contributed by atoms with Crippen molar-refractivity contribution < 1.29 is 14.3 Å². The summed E-state index contributed by atoms with van der Waals surface area (Å²) in [6.45, 7) is 9.58. The Morgan fingerprint density at radius 1 is 0.865 bits per heavy atom. The molecule has 3 amide bonds. The molecule has 0 bridgehead atoms. The molecule has 4 aromatic carbocycles. The number of fused-ring (bicyclic) bond motifs is 1. The quantitative estimate of drug-likeness (QED) is 0.107. The number of nitrogens with one attached hydrogen (secondary N) is 4. The third-order valence-electron chi connectivity index (χ3n) is 8.20. The third-order valence-corrected chi connectivity index (χ3v) is 8.20. The zero-order chi connectivity index (χ0) is 36.8. The van der Waals surface area contributed by atoms with Crippen LogP contribution in [0.15, 0.2) is 103 Å². The first-order chi connectivity index (χ1) is 24.9. The van der Waals surface area contributed by atoms with E-state index in [-0.39, 0.29) is 11.3 Å². The van der Waals surface area contributed by atoms with Crippen LogP contribution in [0.1, 0.15) is 42.4 Å². The van der Waals surface area contributed by atoms with E-state index in [0.717, 1.165) is 34.3 Å². The number of aromatic nitrogens is 4. The van der Waals surface area contributed by atoms with E-state index in [4.69, 9.17) is 9.84 Å². The molecule has 52 heavy (non-hydrogen) atoms. The van der Waals surface area contributed by atoms with E-state index >= 15 is 0 Å². The Bertz CT molecular complexity index is 2210. The molecule has 0 aliphatic carbocycles. The maximum absolute atomic E-state index is 13.5. The lowest BCUT2D eigenvalue weighted by molar-refractivity contribution is 0.0951. The van der Waals surface area contributed by atoms with Crippen LogP contribution >= 0.6 is 0 Å². The van der Waals surface area contributed by atoms with E-state index < -0.39 is 6.03 Å². The first-order valence-electron chi connectivity index (χ1n) is 17.0. The maximum Gasteiger partial charge on any atom is 0.324 e. The molecule has 2 aromatic heterocycles. The molecule has 0 unspecified atom stereocenters. The van der Waals surface area contributed by atoms with Gasteiger partial charge in [0.05, 0.1) is 17.1 Å². The van der Waals surface area contributed by atoms with Crippen molar-refractivity contribution in [1.82, 2.24) is 30.0 Å². The summed E-state index contributed by atoms with van der Waals surface area (Å²) in [7, 11) is 3.91. The van der Waals surface area contributed by atoms with Gasteiger partial charge in [-0.2, -0.15) is 10.1 Å². The summed E-state index contributed by atoms with van der Waals surface area (Å²) in [6, 6.07) is 29.5. The molecule has 2 heterocycles. The molecule has 0 aliphatic rings. The van der Waals surface area contributed by atoms with Gasteiger partial charge in [0, 0.05) is 58.9 Å². The summed E-state index contributed by atoms with van der Waals surface area (Å²) in [4.78, 5) is 37.0. The van der Waals surface area contributed by atoms with Gasteiger partial charge in [0.1, 0.15) is 11.6 Å². The molecule has 0 saturated carbocycles. The summed E-state index contributed by atoms with van der Waals surface area (Å²) in [5, 5.41) is 18.5. The number of carbonyl (C=O) groups is 2. The molecule has 0 fully saturated rings. The second-order valence-corrected chi connectivity index (χ2v) is 13.7. The summed E-state index contributed by atoms with van der Waals surface area (Å²) in [5.41, 5.74) is 4.40. The smallest absolute Gasteiger partial charge is 0.324 e. The van der Waals surface area contributed by atoms with Crippen molar-refractivity contribution in [1.29, 1.82) is 0 Å². The SMILES string of the molecule is Cc1ccc(-n2nc(C(C)(C)C)cc2NC(=O)Nc2ccc(Oc3ccnc(Nc4cccc(C(=O)NCCN(C)C)c4)n3)c3ccccc23)cc1. The molecule has 12 nitrogen and oxygen atoms in total. The van der Waals surface area contributed by atoms with E-state index in [1.807, 2.05) is 86.6 Å².